The quantitative estimate of drug-likeness (QED) is 0.805. The zero-order valence-corrected chi connectivity index (χ0v) is 15.0. The smallest absolute Gasteiger partial charge is 0.236 e. The molecule has 1 saturated heterocycles. The summed E-state index contributed by atoms with van der Waals surface area (Å²) < 4.78 is 4.97. The van der Waals surface area contributed by atoms with Gasteiger partial charge in [-0.05, 0) is 25.3 Å². The molecule has 0 radical (unpaired) electrons. The topological polar surface area (TPSA) is 74.5 Å². The number of aromatic nitrogens is 2. The van der Waals surface area contributed by atoms with Crippen LogP contribution in [0.4, 0.5) is 0 Å². The van der Waals surface area contributed by atoms with Crippen molar-refractivity contribution in [3.8, 4) is 0 Å². The lowest BCUT2D eigenvalue weighted by Crippen LogP contribution is -2.50. The first-order valence-electron chi connectivity index (χ1n) is 7.71. The summed E-state index contributed by atoms with van der Waals surface area (Å²) in [5.41, 5.74) is 0. The summed E-state index contributed by atoms with van der Waals surface area (Å²) in [5, 5.41) is 7.17. The van der Waals surface area contributed by atoms with E-state index in [0.717, 1.165) is 44.5 Å². The van der Waals surface area contributed by atoms with Crippen molar-refractivity contribution in [2.75, 3.05) is 39.3 Å². The molecule has 1 amide bonds. The van der Waals surface area contributed by atoms with Crippen molar-refractivity contribution in [2.24, 2.45) is 5.92 Å². The molecule has 1 N–H and O–H groups in total. The Balaban J connectivity index is 0.00000132. The van der Waals surface area contributed by atoms with Gasteiger partial charge < -0.3 is 14.7 Å². The van der Waals surface area contributed by atoms with Crippen molar-refractivity contribution in [3.63, 3.8) is 0 Å². The predicted molar refractivity (Wildman–Crippen MR) is 91.0 cm³/mol. The van der Waals surface area contributed by atoms with Crippen LogP contribution in [0.5, 0.6) is 0 Å². The molecule has 0 unspecified atom stereocenters. The lowest BCUT2D eigenvalue weighted by atomic mass is 10.3. The minimum absolute atomic E-state index is 0. The number of halogens is 2. The maximum atomic E-state index is 12.1. The van der Waals surface area contributed by atoms with Crippen LogP contribution in [0.3, 0.4) is 0 Å². The van der Waals surface area contributed by atoms with E-state index in [-0.39, 0.29) is 30.7 Å². The van der Waals surface area contributed by atoms with Gasteiger partial charge in [-0.1, -0.05) is 5.16 Å². The molecule has 1 aliphatic carbocycles. The summed E-state index contributed by atoms with van der Waals surface area (Å²) in [6.45, 7) is 7.23. The molecule has 132 valence electrons. The van der Waals surface area contributed by atoms with Gasteiger partial charge in [0.15, 0.2) is 5.82 Å². The molecular weight excluding hydrogens is 341 g/mol. The van der Waals surface area contributed by atoms with E-state index in [9.17, 15) is 4.79 Å². The second-order valence-electron chi connectivity index (χ2n) is 5.96. The number of hydrogen-bond donors (Lipinski definition) is 1. The zero-order chi connectivity index (χ0) is 14.7. The molecule has 2 aliphatic rings. The van der Waals surface area contributed by atoms with Gasteiger partial charge in [-0.25, -0.2) is 0 Å². The van der Waals surface area contributed by atoms with Crippen LogP contribution in [0.1, 0.15) is 24.6 Å². The standard InChI is InChI=1S/C14H23N5O2.2ClH/c1-11-16-13(17-21-11)10-18-4-6-19(7-5-18)14(20)9-15-8-12-2-3-12;;/h12,15H,2-10H2,1H3;2*1H. The fourth-order valence-corrected chi connectivity index (χ4v) is 2.58. The number of nitrogens with one attached hydrogen (secondary N) is 1. The number of carbonyl (C=O) groups excluding carboxylic acids is 1. The molecule has 1 saturated carbocycles. The van der Waals surface area contributed by atoms with Crippen LogP contribution in [0.25, 0.3) is 0 Å². The zero-order valence-electron chi connectivity index (χ0n) is 13.4. The van der Waals surface area contributed by atoms with Crippen molar-refractivity contribution in [1.29, 1.82) is 0 Å². The highest BCUT2D eigenvalue weighted by Crippen LogP contribution is 2.27. The fourth-order valence-electron chi connectivity index (χ4n) is 2.58. The molecule has 0 aromatic carbocycles. The van der Waals surface area contributed by atoms with Gasteiger partial charge in [-0.15, -0.1) is 24.8 Å². The minimum Gasteiger partial charge on any atom is -0.340 e. The second kappa shape index (κ2) is 9.42. The van der Waals surface area contributed by atoms with Crippen molar-refractivity contribution < 1.29 is 9.32 Å². The van der Waals surface area contributed by atoms with E-state index in [1.54, 1.807) is 6.92 Å². The number of carbonyl (C=O) groups is 1. The van der Waals surface area contributed by atoms with Gasteiger partial charge in [0.05, 0.1) is 13.1 Å². The normalized spacial score (nSPS) is 18.2. The Hall–Kier alpha value is -0.890. The third-order valence-corrected chi connectivity index (χ3v) is 4.07. The largest absolute Gasteiger partial charge is 0.340 e. The van der Waals surface area contributed by atoms with Crippen LogP contribution < -0.4 is 5.32 Å². The van der Waals surface area contributed by atoms with Crippen LogP contribution in [0.15, 0.2) is 4.52 Å². The average molecular weight is 366 g/mol. The molecule has 0 spiro atoms. The maximum absolute atomic E-state index is 12.1. The first-order chi connectivity index (χ1) is 10.2. The first-order valence-corrected chi connectivity index (χ1v) is 7.71. The number of piperazine rings is 1. The molecule has 2 heterocycles. The molecule has 0 atom stereocenters. The molecule has 9 heteroatoms. The molecular formula is C14H25Cl2N5O2. The molecule has 0 bridgehead atoms. The van der Waals surface area contributed by atoms with Crippen LogP contribution in [0, 0.1) is 12.8 Å². The van der Waals surface area contributed by atoms with Gasteiger partial charge in [-0.3, -0.25) is 9.69 Å². The summed E-state index contributed by atoms with van der Waals surface area (Å²) in [5.74, 6) is 2.35. The summed E-state index contributed by atoms with van der Waals surface area (Å²) in [6.07, 6.45) is 2.63. The van der Waals surface area contributed by atoms with Gasteiger partial charge in [0, 0.05) is 33.1 Å². The van der Waals surface area contributed by atoms with Gasteiger partial charge in [-0.2, -0.15) is 4.98 Å². The van der Waals surface area contributed by atoms with E-state index in [1.807, 2.05) is 4.90 Å². The molecule has 7 nitrogen and oxygen atoms in total. The van der Waals surface area contributed by atoms with Gasteiger partial charge in [0.2, 0.25) is 11.8 Å². The molecule has 23 heavy (non-hydrogen) atoms. The van der Waals surface area contributed by atoms with E-state index >= 15 is 0 Å². The third kappa shape index (κ3) is 6.25. The van der Waals surface area contributed by atoms with Crippen LogP contribution in [0.2, 0.25) is 0 Å². The minimum atomic E-state index is 0. The summed E-state index contributed by atoms with van der Waals surface area (Å²) in [4.78, 5) is 20.5. The van der Waals surface area contributed by atoms with Crippen molar-refractivity contribution in [3.05, 3.63) is 11.7 Å². The lowest BCUT2D eigenvalue weighted by Gasteiger charge is -2.34. The number of hydrogen-bond acceptors (Lipinski definition) is 6. The Morgan fingerprint density at radius 1 is 1.26 bits per heavy atom. The number of aryl methyl sites for hydroxylation is 1. The summed E-state index contributed by atoms with van der Waals surface area (Å²) in [6, 6.07) is 0. The van der Waals surface area contributed by atoms with E-state index in [2.05, 4.69) is 20.4 Å². The monoisotopic (exact) mass is 365 g/mol. The Bertz CT molecular complexity index is 487. The van der Waals surface area contributed by atoms with Crippen LogP contribution >= 0.6 is 24.8 Å². The van der Waals surface area contributed by atoms with E-state index < -0.39 is 0 Å². The molecule has 3 rings (SSSR count). The van der Waals surface area contributed by atoms with Crippen molar-refractivity contribution in [2.45, 2.75) is 26.3 Å². The highest BCUT2D eigenvalue weighted by Gasteiger charge is 2.23. The molecule has 1 aliphatic heterocycles. The SMILES string of the molecule is Cc1nc(CN2CCN(C(=O)CNCC3CC3)CC2)no1.Cl.Cl. The molecule has 1 aromatic heterocycles. The number of amides is 1. The molecule has 1 aromatic rings. The Labute approximate surface area is 149 Å². The van der Waals surface area contributed by atoms with Gasteiger partial charge in [0.1, 0.15) is 0 Å². The second-order valence-corrected chi connectivity index (χ2v) is 5.96. The van der Waals surface area contributed by atoms with E-state index in [4.69, 9.17) is 4.52 Å². The Morgan fingerprint density at radius 2 is 1.96 bits per heavy atom. The van der Waals surface area contributed by atoms with E-state index in [1.165, 1.54) is 12.8 Å². The predicted octanol–water partition coefficient (Wildman–Crippen LogP) is 0.865. The van der Waals surface area contributed by atoms with Crippen molar-refractivity contribution >= 4 is 30.7 Å². The summed E-state index contributed by atoms with van der Waals surface area (Å²) >= 11 is 0. The number of rotatable bonds is 6. The maximum Gasteiger partial charge on any atom is 0.236 e. The highest BCUT2D eigenvalue weighted by atomic mass is 35.5. The Kier molecular flexibility index (Phi) is 8.25. The van der Waals surface area contributed by atoms with Crippen LogP contribution in [-0.2, 0) is 11.3 Å². The molecule has 2 fully saturated rings. The number of nitrogens with zero attached hydrogens (tertiary/aromatic N) is 4. The van der Waals surface area contributed by atoms with Gasteiger partial charge >= 0.3 is 0 Å². The Morgan fingerprint density at radius 3 is 2.52 bits per heavy atom. The van der Waals surface area contributed by atoms with E-state index in [0.29, 0.717) is 19.0 Å². The summed E-state index contributed by atoms with van der Waals surface area (Å²) in [7, 11) is 0. The van der Waals surface area contributed by atoms with Crippen molar-refractivity contribution in [1.82, 2.24) is 25.3 Å². The third-order valence-electron chi connectivity index (χ3n) is 4.07. The van der Waals surface area contributed by atoms with Crippen LogP contribution in [-0.4, -0.2) is 65.1 Å². The fraction of sp³-hybridized carbons (Fsp3) is 0.786. The van der Waals surface area contributed by atoms with Gasteiger partial charge in [0.25, 0.3) is 0 Å². The average Bonchev–Trinajstić information content (AvgIpc) is 3.21. The lowest BCUT2D eigenvalue weighted by molar-refractivity contribution is -0.132. The highest BCUT2D eigenvalue weighted by molar-refractivity contribution is 5.85. The first kappa shape index (κ1) is 20.2.